The van der Waals surface area contributed by atoms with Crippen LogP contribution in [0.2, 0.25) is 5.02 Å². The third-order valence-corrected chi connectivity index (χ3v) is 4.73. The van der Waals surface area contributed by atoms with Gasteiger partial charge in [-0.2, -0.15) is 9.07 Å². The highest BCUT2D eigenvalue weighted by molar-refractivity contribution is 6.30. The van der Waals surface area contributed by atoms with Gasteiger partial charge in [-0.25, -0.2) is 14.4 Å². The number of hydrogen-bond donors (Lipinski definition) is 0. The number of benzene rings is 1. The van der Waals surface area contributed by atoms with Crippen molar-refractivity contribution < 1.29 is 13.6 Å². The van der Waals surface area contributed by atoms with Crippen molar-refractivity contribution in [2.45, 2.75) is 19.4 Å². The molecule has 3 heterocycles. The van der Waals surface area contributed by atoms with Crippen LogP contribution in [-0.2, 0) is 6.42 Å². The molecule has 1 aliphatic rings. The molecular formula is C17H13ClF2N6O. The quantitative estimate of drug-likeness (QED) is 0.672. The average Bonchev–Trinajstić information content (AvgIpc) is 3.07. The first-order valence-electron chi connectivity index (χ1n) is 8.14. The van der Waals surface area contributed by atoms with Crippen molar-refractivity contribution in [3.63, 3.8) is 0 Å². The Bertz CT molecular complexity index is 1020. The standard InChI is InChI=1S/C17H13ClF2N6O/c1-9-16-13(26(24-23-16)15-8-21-14(20)7-22-15)4-5-25(9)17(27)11-3-2-10(18)6-12(11)19/h2-3,6-9H,4-5H2,1H3/t9-/m0/s1. The first-order chi connectivity index (χ1) is 13.0. The molecule has 1 aromatic carbocycles. The van der Waals surface area contributed by atoms with Crippen LogP contribution in [0.5, 0.6) is 0 Å². The summed E-state index contributed by atoms with van der Waals surface area (Å²) in [5.74, 6) is -1.47. The first kappa shape index (κ1) is 17.5. The Balaban J connectivity index is 1.65. The van der Waals surface area contributed by atoms with Crippen LogP contribution in [0.1, 0.15) is 34.7 Å². The number of amides is 1. The molecule has 7 nitrogen and oxygen atoms in total. The van der Waals surface area contributed by atoms with Crippen molar-refractivity contribution in [3.8, 4) is 5.82 Å². The van der Waals surface area contributed by atoms with E-state index in [1.54, 1.807) is 6.92 Å². The van der Waals surface area contributed by atoms with E-state index in [9.17, 15) is 13.6 Å². The van der Waals surface area contributed by atoms with Gasteiger partial charge in [-0.05, 0) is 25.1 Å². The number of fused-ring (bicyclic) bond motifs is 1. The highest BCUT2D eigenvalue weighted by atomic mass is 35.5. The Kier molecular flexibility index (Phi) is 4.31. The molecule has 0 saturated heterocycles. The number of carbonyl (C=O) groups excluding carboxylic acids is 1. The second-order valence-electron chi connectivity index (χ2n) is 6.08. The van der Waals surface area contributed by atoms with Crippen LogP contribution in [0, 0.1) is 11.8 Å². The Morgan fingerprint density at radius 1 is 1.26 bits per heavy atom. The molecule has 0 spiro atoms. The van der Waals surface area contributed by atoms with E-state index in [4.69, 9.17) is 11.6 Å². The zero-order valence-electron chi connectivity index (χ0n) is 14.1. The molecule has 0 fully saturated rings. The van der Waals surface area contributed by atoms with E-state index in [0.29, 0.717) is 24.5 Å². The van der Waals surface area contributed by atoms with Gasteiger partial charge in [-0.3, -0.25) is 4.79 Å². The summed E-state index contributed by atoms with van der Waals surface area (Å²) in [6, 6.07) is 3.53. The minimum atomic E-state index is -0.692. The molecule has 4 rings (SSSR count). The number of carbonyl (C=O) groups is 1. The highest BCUT2D eigenvalue weighted by Gasteiger charge is 2.33. The van der Waals surface area contributed by atoms with Crippen LogP contribution in [0.25, 0.3) is 5.82 Å². The highest BCUT2D eigenvalue weighted by Crippen LogP contribution is 2.30. The Labute approximate surface area is 157 Å². The van der Waals surface area contributed by atoms with Gasteiger partial charge < -0.3 is 4.90 Å². The number of halogens is 3. The monoisotopic (exact) mass is 390 g/mol. The molecule has 2 aromatic heterocycles. The second-order valence-corrected chi connectivity index (χ2v) is 6.52. The molecule has 1 amide bonds. The number of rotatable bonds is 2. The van der Waals surface area contributed by atoms with E-state index in [1.807, 2.05) is 0 Å². The van der Waals surface area contributed by atoms with E-state index >= 15 is 0 Å². The van der Waals surface area contributed by atoms with Crippen LogP contribution in [0.3, 0.4) is 0 Å². The molecule has 1 aliphatic heterocycles. The molecule has 0 unspecified atom stereocenters. The van der Waals surface area contributed by atoms with E-state index in [0.717, 1.165) is 18.0 Å². The fraction of sp³-hybridized carbons (Fsp3) is 0.235. The van der Waals surface area contributed by atoms with Crippen molar-refractivity contribution >= 4 is 17.5 Å². The lowest BCUT2D eigenvalue weighted by Gasteiger charge is -2.32. The lowest BCUT2D eigenvalue weighted by atomic mass is 10.0. The van der Waals surface area contributed by atoms with E-state index < -0.39 is 23.7 Å². The smallest absolute Gasteiger partial charge is 0.257 e. The summed E-state index contributed by atoms with van der Waals surface area (Å²) >= 11 is 5.75. The fourth-order valence-electron chi connectivity index (χ4n) is 3.13. The van der Waals surface area contributed by atoms with Gasteiger partial charge in [-0.1, -0.05) is 16.8 Å². The van der Waals surface area contributed by atoms with Crippen LogP contribution in [0.15, 0.2) is 30.6 Å². The van der Waals surface area contributed by atoms with Crippen LogP contribution < -0.4 is 0 Å². The fourth-order valence-corrected chi connectivity index (χ4v) is 3.29. The van der Waals surface area contributed by atoms with Gasteiger partial charge in [0.05, 0.1) is 29.7 Å². The molecule has 10 heteroatoms. The van der Waals surface area contributed by atoms with Crippen molar-refractivity contribution in [2.75, 3.05) is 6.54 Å². The Hall–Kier alpha value is -2.94. The third-order valence-electron chi connectivity index (χ3n) is 4.49. The SMILES string of the molecule is C[C@H]1c2nnn(-c3cnc(F)cn3)c2CCN1C(=O)c1ccc(Cl)cc1F. The largest absolute Gasteiger partial charge is 0.330 e. The molecule has 3 aromatic rings. The lowest BCUT2D eigenvalue weighted by Crippen LogP contribution is -2.39. The molecule has 1 atom stereocenters. The zero-order chi connectivity index (χ0) is 19.1. The molecule has 0 radical (unpaired) electrons. The number of hydrogen-bond acceptors (Lipinski definition) is 5. The summed E-state index contributed by atoms with van der Waals surface area (Å²) in [6.07, 6.45) is 2.69. The Morgan fingerprint density at radius 2 is 2.07 bits per heavy atom. The number of aromatic nitrogens is 5. The normalized spacial score (nSPS) is 16.3. The van der Waals surface area contributed by atoms with E-state index in [-0.39, 0.29) is 10.6 Å². The van der Waals surface area contributed by atoms with Gasteiger partial charge in [0.15, 0.2) is 5.82 Å². The second kappa shape index (κ2) is 6.66. The molecule has 0 saturated carbocycles. The number of nitrogens with zero attached hydrogens (tertiary/aromatic N) is 6. The maximum absolute atomic E-state index is 14.1. The van der Waals surface area contributed by atoms with Crippen molar-refractivity contribution in [3.05, 3.63) is 64.3 Å². The third kappa shape index (κ3) is 3.03. The molecular weight excluding hydrogens is 378 g/mol. The van der Waals surface area contributed by atoms with Crippen molar-refractivity contribution in [1.29, 1.82) is 0 Å². The predicted molar refractivity (Wildman–Crippen MR) is 91.5 cm³/mol. The van der Waals surface area contributed by atoms with Crippen molar-refractivity contribution in [2.24, 2.45) is 0 Å². The maximum atomic E-state index is 14.1. The van der Waals surface area contributed by atoms with Crippen molar-refractivity contribution in [1.82, 2.24) is 29.9 Å². The van der Waals surface area contributed by atoms with E-state index in [2.05, 4.69) is 20.3 Å². The Morgan fingerprint density at radius 3 is 2.78 bits per heavy atom. The lowest BCUT2D eigenvalue weighted by molar-refractivity contribution is 0.0667. The zero-order valence-corrected chi connectivity index (χ0v) is 14.9. The van der Waals surface area contributed by atoms with Gasteiger partial charge in [0.1, 0.15) is 11.5 Å². The van der Waals surface area contributed by atoms with Gasteiger partial charge >= 0.3 is 0 Å². The summed E-state index contributed by atoms with van der Waals surface area (Å²) in [6.45, 7) is 2.14. The summed E-state index contributed by atoms with van der Waals surface area (Å²) < 4.78 is 28.6. The first-order valence-corrected chi connectivity index (χ1v) is 8.52. The van der Waals surface area contributed by atoms with E-state index in [1.165, 1.54) is 27.9 Å². The van der Waals surface area contributed by atoms with Crippen LogP contribution >= 0.6 is 11.6 Å². The summed E-state index contributed by atoms with van der Waals surface area (Å²) in [4.78, 5) is 21.8. The summed E-state index contributed by atoms with van der Waals surface area (Å²) in [5.41, 5.74) is 1.28. The van der Waals surface area contributed by atoms with Crippen LogP contribution in [-0.4, -0.2) is 42.3 Å². The van der Waals surface area contributed by atoms with Crippen LogP contribution in [0.4, 0.5) is 8.78 Å². The van der Waals surface area contributed by atoms with Gasteiger partial charge in [0.2, 0.25) is 5.95 Å². The molecule has 0 aliphatic carbocycles. The summed E-state index contributed by atoms with van der Waals surface area (Å²) in [5, 5.41) is 8.42. The minimum absolute atomic E-state index is 0.0495. The maximum Gasteiger partial charge on any atom is 0.257 e. The van der Waals surface area contributed by atoms with Gasteiger partial charge in [0.25, 0.3) is 5.91 Å². The topological polar surface area (TPSA) is 76.8 Å². The molecule has 138 valence electrons. The van der Waals surface area contributed by atoms with Gasteiger partial charge in [0, 0.05) is 18.0 Å². The average molecular weight is 391 g/mol. The molecule has 27 heavy (non-hydrogen) atoms. The predicted octanol–water partition coefficient (Wildman–Crippen LogP) is 2.75. The molecule has 0 bridgehead atoms. The molecule has 0 N–H and O–H groups in total. The minimum Gasteiger partial charge on any atom is -0.330 e. The van der Waals surface area contributed by atoms with Gasteiger partial charge in [-0.15, -0.1) is 5.10 Å². The summed E-state index contributed by atoms with van der Waals surface area (Å²) in [7, 11) is 0.